The van der Waals surface area contributed by atoms with Crippen molar-refractivity contribution in [3.8, 4) is 0 Å². The number of piperidine rings is 1. The molecule has 3 atom stereocenters. The first-order chi connectivity index (χ1) is 4.36. The van der Waals surface area contributed by atoms with Gasteiger partial charge in [-0.3, -0.25) is 0 Å². The van der Waals surface area contributed by atoms with E-state index in [9.17, 15) is 0 Å². The SMILES string of the molecule is CC.CC1CC2CC2N1.[Y]. The van der Waals surface area contributed by atoms with Gasteiger partial charge in [-0.15, -0.1) is 0 Å². The van der Waals surface area contributed by atoms with E-state index in [0.29, 0.717) is 0 Å². The van der Waals surface area contributed by atoms with Crippen LogP contribution >= 0.6 is 0 Å². The summed E-state index contributed by atoms with van der Waals surface area (Å²) in [5.41, 5.74) is 0. The molecule has 0 aromatic rings. The molecule has 0 amide bonds. The largest absolute Gasteiger partial charge is 0.311 e. The van der Waals surface area contributed by atoms with Gasteiger partial charge in [0.15, 0.2) is 0 Å². The van der Waals surface area contributed by atoms with Crippen LogP contribution in [-0.2, 0) is 32.7 Å². The van der Waals surface area contributed by atoms with Crippen LogP contribution in [0.4, 0.5) is 0 Å². The van der Waals surface area contributed by atoms with Crippen LogP contribution < -0.4 is 5.32 Å². The second-order valence-corrected chi connectivity index (χ2v) is 2.91. The molecule has 57 valence electrons. The van der Waals surface area contributed by atoms with E-state index in [1.807, 2.05) is 13.8 Å². The maximum absolute atomic E-state index is 3.49. The Morgan fingerprint density at radius 1 is 1.20 bits per heavy atom. The minimum Gasteiger partial charge on any atom is -0.311 e. The third-order valence-corrected chi connectivity index (χ3v) is 2.08. The van der Waals surface area contributed by atoms with Crippen LogP contribution in [0.25, 0.3) is 0 Å². The fourth-order valence-electron chi connectivity index (χ4n) is 1.60. The van der Waals surface area contributed by atoms with Gasteiger partial charge in [0.1, 0.15) is 0 Å². The fourth-order valence-corrected chi connectivity index (χ4v) is 1.60. The minimum atomic E-state index is 0. The van der Waals surface area contributed by atoms with Crippen molar-refractivity contribution in [3.63, 3.8) is 0 Å². The van der Waals surface area contributed by atoms with Gasteiger partial charge >= 0.3 is 0 Å². The van der Waals surface area contributed by atoms with Crippen molar-refractivity contribution in [3.05, 3.63) is 0 Å². The summed E-state index contributed by atoms with van der Waals surface area (Å²) in [6.45, 7) is 6.27. The van der Waals surface area contributed by atoms with Gasteiger partial charge in [-0.2, -0.15) is 0 Å². The predicted molar refractivity (Wildman–Crippen MR) is 40.5 cm³/mol. The zero-order valence-electron chi connectivity index (χ0n) is 7.22. The second-order valence-electron chi connectivity index (χ2n) is 2.91. The molecule has 0 aromatic heterocycles. The van der Waals surface area contributed by atoms with E-state index in [2.05, 4.69) is 12.2 Å². The van der Waals surface area contributed by atoms with E-state index in [1.54, 1.807) is 0 Å². The van der Waals surface area contributed by atoms with Crippen molar-refractivity contribution in [1.29, 1.82) is 0 Å². The number of rotatable bonds is 0. The topological polar surface area (TPSA) is 12.0 Å². The molecule has 1 aliphatic heterocycles. The molecule has 2 fully saturated rings. The molecule has 3 unspecified atom stereocenters. The van der Waals surface area contributed by atoms with Crippen molar-refractivity contribution < 1.29 is 32.7 Å². The first-order valence-electron chi connectivity index (χ1n) is 4.12. The summed E-state index contributed by atoms with van der Waals surface area (Å²) in [7, 11) is 0. The summed E-state index contributed by atoms with van der Waals surface area (Å²) in [4.78, 5) is 0. The van der Waals surface area contributed by atoms with Crippen molar-refractivity contribution in [2.24, 2.45) is 5.92 Å². The molecule has 0 bridgehead atoms. The minimum absolute atomic E-state index is 0. The summed E-state index contributed by atoms with van der Waals surface area (Å²) in [6, 6.07) is 1.76. The summed E-state index contributed by atoms with van der Waals surface area (Å²) < 4.78 is 0. The zero-order valence-corrected chi connectivity index (χ0v) is 10.1. The summed E-state index contributed by atoms with van der Waals surface area (Å²) >= 11 is 0. The zero-order chi connectivity index (χ0) is 6.85. The summed E-state index contributed by atoms with van der Waals surface area (Å²) in [5.74, 6) is 1.08. The fraction of sp³-hybridized carbons (Fsp3) is 1.00. The average Bonchev–Trinajstić information content (AvgIpc) is 2.46. The van der Waals surface area contributed by atoms with Crippen LogP contribution in [0.15, 0.2) is 0 Å². The van der Waals surface area contributed by atoms with E-state index in [0.717, 1.165) is 18.0 Å². The van der Waals surface area contributed by atoms with Crippen LogP contribution in [-0.4, -0.2) is 12.1 Å². The third kappa shape index (κ3) is 2.60. The molecule has 0 spiro atoms. The Bertz CT molecular complexity index is 85.3. The Morgan fingerprint density at radius 3 is 2.00 bits per heavy atom. The van der Waals surface area contributed by atoms with Gasteiger partial charge in [-0.1, -0.05) is 13.8 Å². The summed E-state index contributed by atoms with van der Waals surface area (Å²) in [6.07, 6.45) is 2.90. The van der Waals surface area contributed by atoms with Crippen molar-refractivity contribution >= 4 is 0 Å². The summed E-state index contributed by atoms with van der Waals surface area (Å²) in [5, 5.41) is 3.49. The third-order valence-electron chi connectivity index (χ3n) is 2.08. The van der Waals surface area contributed by atoms with Gasteiger partial charge in [0.05, 0.1) is 0 Å². The molecule has 0 aromatic carbocycles. The van der Waals surface area contributed by atoms with Crippen LogP contribution in [0, 0.1) is 5.92 Å². The molecule has 2 rings (SSSR count). The molecule has 1 saturated carbocycles. The number of fused-ring (bicyclic) bond motifs is 1. The smallest absolute Gasteiger partial charge is 0.0102 e. The first-order valence-corrected chi connectivity index (χ1v) is 4.12. The van der Waals surface area contributed by atoms with Crippen molar-refractivity contribution in [2.45, 2.75) is 45.7 Å². The molecule has 1 saturated heterocycles. The van der Waals surface area contributed by atoms with E-state index < -0.39 is 0 Å². The van der Waals surface area contributed by atoms with Gasteiger partial charge < -0.3 is 5.32 Å². The molecular weight excluding hydrogens is 199 g/mol. The molecule has 10 heavy (non-hydrogen) atoms. The Morgan fingerprint density at radius 2 is 1.80 bits per heavy atom. The van der Waals surface area contributed by atoms with Crippen LogP contribution in [0.2, 0.25) is 0 Å². The van der Waals surface area contributed by atoms with Crippen LogP contribution in [0.5, 0.6) is 0 Å². The van der Waals surface area contributed by atoms with Crippen molar-refractivity contribution in [1.82, 2.24) is 5.32 Å². The average molecular weight is 216 g/mol. The molecule has 1 N–H and O–H groups in total. The normalized spacial score (nSPS) is 40.5. The van der Waals surface area contributed by atoms with Crippen LogP contribution in [0.3, 0.4) is 0 Å². The second kappa shape index (κ2) is 4.84. The van der Waals surface area contributed by atoms with E-state index in [-0.39, 0.29) is 32.7 Å². The standard InChI is InChI=1S/C6H11N.C2H6.Y/c1-4-2-5-3-6(5)7-4;1-2;/h4-7H,2-3H2,1H3;1-2H3;. The molecule has 1 radical (unpaired) electrons. The van der Waals surface area contributed by atoms with Gasteiger partial charge in [-0.05, 0) is 25.7 Å². The number of hydrogen-bond acceptors (Lipinski definition) is 1. The first kappa shape index (κ1) is 11.1. The maximum Gasteiger partial charge on any atom is 0.0102 e. The Hall–Kier alpha value is 1.06. The number of hydrogen-bond donors (Lipinski definition) is 1. The van der Waals surface area contributed by atoms with Crippen molar-refractivity contribution in [2.75, 3.05) is 0 Å². The van der Waals surface area contributed by atoms with Gasteiger partial charge in [0.2, 0.25) is 0 Å². The van der Waals surface area contributed by atoms with E-state index in [4.69, 9.17) is 0 Å². The maximum atomic E-state index is 3.49. The molecule has 2 heteroatoms. The predicted octanol–water partition coefficient (Wildman–Crippen LogP) is 1.78. The molecule has 1 heterocycles. The van der Waals surface area contributed by atoms with Gasteiger partial charge in [-0.25, -0.2) is 0 Å². The Balaban J connectivity index is 0.000000251. The Labute approximate surface area is 89.2 Å². The quantitative estimate of drug-likeness (QED) is 0.650. The van der Waals surface area contributed by atoms with Gasteiger partial charge in [0, 0.05) is 44.8 Å². The molecule has 1 nitrogen and oxygen atoms in total. The monoisotopic (exact) mass is 216 g/mol. The molecular formula is C8H17NY. The molecule has 2 aliphatic rings. The molecule has 1 aliphatic carbocycles. The van der Waals surface area contributed by atoms with E-state index >= 15 is 0 Å². The Kier molecular flexibility index (Phi) is 5.36. The van der Waals surface area contributed by atoms with Gasteiger partial charge in [0.25, 0.3) is 0 Å². The van der Waals surface area contributed by atoms with Crippen LogP contribution in [0.1, 0.15) is 33.6 Å². The number of nitrogens with one attached hydrogen (secondary N) is 1. The van der Waals surface area contributed by atoms with E-state index in [1.165, 1.54) is 12.8 Å².